The zero-order chi connectivity index (χ0) is 13.1. The summed E-state index contributed by atoms with van der Waals surface area (Å²) in [5, 5.41) is 8.83. The van der Waals surface area contributed by atoms with Crippen LogP contribution >= 0.6 is 0 Å². The Hall–Kier alpha value is -2.37. The number of nitrogens with zero attached hydrogens (tertiary/aromatic N) is 1. The van der Waals surface area contributed by atoms with E-state index in [-0.39, 0.29) is 25.0 Å². The second-order valence-corrected chi connectivity index (χ2v) is 3.82. The molecule has 6 nitrogen and oxygen atoms in total. The molecule has 0 unspecified atom stereocenters. The maximum absolute atomic E-state index is 12.0. The van der Waals surface area contributed by atoms with Crippen LogP contribution in [0.1, 0.15) is 12.8 Å². The van der Waals surface area contributed by atoms with Crippen molar-refractivity contribution in [1.29, 1.82) is 0 Å². The molecule has 0 atom stereocenters. The van der Waals surface area contributed by atoms with E-state index in [2.05, 4.69) is 0 Å². The van der Waals surface area contributed by atoms with Crippen LogP contribution in [0.4, 0.5) is 0 Å². The van der Waals surface area contributed by atoms with Crippen molar-refractivity contribution in [3.05, 3.63) is 45.2 Å². The molecule has 2 aromatic rings. The standard InChI is InChI=1S/C12H11NO5/c14-10(15)6-3-7-13-11(16)8-4-1-2-5-9(8)18-12(13)17/h1-2,4-5H,3,6-7H2,(H,14,15). The molecule has 1 aromatic carbocycles. The summed E-state index contributed by atoms with van der Waals surface area (Å²) in [5.41, 5.74) is -0.214. The van der Waals surface area contributed by atoms with Gasteiger partial charge in [-0.3, -0.25) is 9.59 Å². The third-order valence-corrected chi connectivity index (χ3v) is 2.55. The van der Waals surface area contributed by atoms with Crippen LogP contribution in [0.15, 0.2) is 38.3 Å². The molecule has 0 aliphatic heterocycles. The first-order chi connectivity index (χ1) is 8.59. The summed E-state index contributed by atoms with van der Waals surface area (Å²) in [6.45, 7) is 0.0400. The van der Waals surface area contributed by atoms with Gasteiger partial charge in [0.15, 0.2) is 0 Å². The zero-order valence-electron chi connectivity index (χ0n) is 9.46. The van der Waals surface area contributed by atoms with E-state index in [1.807, 2.05) is 0 Å². The fourth-order valence-corrected chi connectivity index (χ4v) is 1.69. The predicted octanol–water partition coefficient (Wildman–Crippen LogP) is 0.820. The van der Waals surface area contributed by atoms with Crippen LogP contribution in [0.25, 0.3) is 11.0 Å². The van der Waals surface area contributed by atoms with Gasteiger partial charge < -0.3 is 9.52 Å². The first-order valence-corrected chi connectivity index (χ1v) is 5.44. The van der Waals surface area contributed by atoms with Gasteiger partial charge in [-0.1, -0.05) is 12.1 Å². The maximum atomic E-state index is 12.0. The summed E-state index contributed by atoms with van der Waals surface area (Å²) in [4.78, 5) is 33.9. The molecule has 0 fully saturated rings. The van der Waals surface area contributed by atoms with Crippen molar-refractivity contribution in [2.45, 2.75) is 19.4 Å². The third kappa shape index (κ3) is 2.32. The lowest BCUT2D eigenvalue weighted by Crippen LogP contribution is -2.32. The second-order valence-electron chi connectivity index (χ2n) is 3.82. The van der Waals surface area contributed by atoms with Gasteiger partial charge in [0.05, 0.1) is 5.39 Å². The topological polar surface area (TPSA) is 89.5 Å². The van der Waals surface area contributed by atoms with Gasteiger partial charge in [0, 0.05) is 13.0 Å². The first-order valence-electron chi connectivity index (χ1n) is 5.44. The number of carboxylic acid groups (broad SMARTS) is 1. The van der Waals surface area contributed by atoms with Crippen molar-refractivity contribution in [2.75, 3.05) is 0 Å². The molecule has 6 heteroatoms. The average molecular weight is 249 g/mol. The molecule has 0 aliphatic rings. The summed E-state index contributed by atoms with van der Waals surface area (Å²) in [6, 6.07) is 6.44. The van der Waals surface area contributed by atoms with E-state index < -0.39 is 17.3 Å². The van der Waals surface area contributed by atoms with Crippen LogP contribution < -0.4 is 11.3 Å². The minimum absolute atomic E-state index is 0.0400. The lowest BCUT2D eigenvalue weighted by atomic mass is 10.2. The minimum Gasteiger partial charge on any atom is -0.481 e. The van der Waals surface area contributed by atoms with Crippen LogP contribution in [0, 0.1) is 0 Å². The molecule has 18 heavy (non-hydrogen) atoms. The molecule has 2 rings (SSSR count). The van der Waals surface area contributed by atoms with Crippen molar-refractivity contribution in [1.82, 2.24) is 4.57 Å². The second kappa shape index (κ2) is 4.87. The summed E-state index contributed by atoms with van der Waals surface area (Å²) in [6.07, 6.45) is 0.108. The molecule has 0 radical (unpaired) electrons. The highest BCUT2D eigenvalue weighted by Crippen LogP contribution is 2.06. The number of carboxylic acids is 1. The molecule has 0 saturated carbocycles. The van der Waals surface area contributed by atoms with Gasteiger partial charge in [0.2, 0.25) is 0 Å². The van der Waals surface area contributed by atoms with E-state index in [0.717, 1.165) is 4.57 Å². The fraction of sp³-hybridized carbons (Fsp3) is 0.250. The number of hydrogen-bond donors (Lipinski definition) is 1. The number of benzene rings is 1. The van der Waals surface area contributed by atoms with E-state index in [1.54, 1.807) is 24.3 Å². The number of para-hydroxylation sites is 1. The van der Waals surface area contributed by atoms with Gasteiger partial charge in [0.25, 0.3) is 5.56 Å². The Morgan fingerprint density at radius 3 is 2.72 bits per heavy atom. The van der Waals surface area contributed by atoms with E-state index in [1.165, 1.54) is 0 Å². The Morgan fingerprint density at radius 2 is 2.00 bits per heavy atom. The molecule has 1 aromatic heterocycles. The summed E-state index contributed by atoms with van der Waals surface area (Å²) in [5.74, 6) is -1.72. The van der Waals surface area contributed by atoms with Crippen molar-refractivity contribution < 1.29 is 14.3 Å². The highest BCUT2D eigenvalue weighted by molar-refractivity contribution is 5.74. The van der Waals surface area contributed by atoms with Crippen LogP contribution in [0.5, 0.6) is 0 Å². The number of aliphatic carboxylic acids is 1. The molecular formula is C12H11NO5. The molecule has 1 heterocycles. The van der Waals surface area contributed by atoms with Crippen molar-refractivity contribution in [2.24, 2.45) is 0 Å². The minimum atomic E-state index is -0.965. The summed E-state index contributed by atoms with van der Waals surface area (Å²) >= 11 is 0. The molecule has 94 valence electrons. The zero-order valence-corrected chi connectivity index (χ0v) is 9.46. The van der Waals surface area contributed by atoms with Crippen LogP contribution in [-0.2, 0) is 11.3 Å². The average Bonchev–Trinajstić information content (AvgIpc) is 2.33. The SMILES string of the molecule is O=C(O)CCCn1c(=O)oc2ccccc2c1=O. The molecule has 0 amide bonds. The van der Waals surface area contributed by atoms with Gasteiger partial charge in [-0.15, -0.1) is 0 Å². The maximum Gasteiger partial charge on any atom is 0.422 e. The van der Waals surface area contributed by atoms with Crippen molar-refractivity contribution in [3.63, 3.8) is 0 Å². The molecule has 0 spiro atoms. The molecule has 0 saturated heterocycles. The number of hydrogen-bond acceptors (Lipinski definition) is 4. The lowest BCUT2D eigenvalue weighted by Gasteiger charge is -2.03. The summed E-state index contributed by atoms with van der Waals surface area (Å²) < 4.78 is 5.91. The smallest absolute Gasteiger partial charge is 0.422 e. The number of fused-ring (bicyclic) bond motifs is 1. The van der Waals surface area contributed by atoms with E-state index in [9.17, 15) is 14.4 Å². The van der Waals surface area contributed by atoms with E-state index >= 15 is 0 Å². The van der Waals surface area contributed by atoms with E-state index in [4.69, 9.17) is 9.52 Å². The molecular weight excluding hydrogens is 238 g/mol. The normalized spacial score (nSPS) is 10.7. The largest absolute Gasteiger partial charge is 0.481 e. The van der Waals surface area contributed by atoms with Crippen LogP contribution in [0.2, 0.25) is 0 Å². The van der Waals surface area contributed by atoms with Gasteiger partial charge >= 0.3 is 11.7 Å². The Labute approximate surface area is 101 Å². The molecule has 0 bridgehead atoms. The summed E-state index contributed by atoms with van der Waals surface area (Å²) in [7, 11) is 0. The highest BCUT2D eigenvalue weighted by Gasteiger charge is 2.09. The van der Waals surface area contributed by atoms with Crippen LogP contribution in [0.3, 0.4) is 0 Å². The number of aromatic nitrogens is 1. The fourth-order valence-electron chi connectivity index (χ4n) is 1.69. The van der Waals surface area contributed by atoms with Crippen LogP contribution in [-0.4, -0.2) is 15.6 Å². The first kappa shape index (κ1) is 12.1. The third-order valence-electron chi connectivity index (χ3n) is 2.55. The number of rotatable bonds is 4. The highest BCUT2D eigenvalue weighted by atomic mass is 16.4. The Kier molecular flexibility index (Phi) is 3.27. The van der Waals surface area contributed by atoms with Gasteiger partial charge in [-0.25, -0.2) is 9.36 Å². The van der Waals surface area contributed by atoms with Gasteiger partial charge in [-0.2, -0.15) is 0 Å². The molecule has 1 N–H and O–H groups in total. The van der Waals surface area contributed by atoms with Crippen molar-refractivity contribution in [3.8, 4) is 0 Å². The predicted molar refractivity (Wildman–Crippen MR) is 63.6 cm³/mol. The Morgan fingerprint density at radius 1 is 1.28 bits per heavy atom. The van der Waals surface area contributed by atoms with E-state index in [0.29, 0.717) is 5.39 Å². The number of carbonyl (C=O) groups is 1. The monoisotopic (exact) mass is 249 g/mol. The lowest BCUT2D eigenvalue weighted by molar-refractivity contribution is -0.137. The van der Waals surface area contributed by atoms with Gasteiger partial charge in [0.1, 0.15) is 5.58 Å². The Bertz CT molecular complexity index is 697. The van der Waals surface area contributed by atoms with Crippen molar-refractivity contribution >= 4 is 16.9 Å². The Balaban J connectivity index is 2.42. The van der Waals surface area contributed by atoms with Gasteiger partial charge in [-0.05, 0) is 18.6 Å². The quantitative estimate of drug-likeness (QED) is 0.866. The molecule has 0 aliphatic carbocycles.